The van der Waals surface area contributed by atoms with E-state index in [1.54, 1.807) is 0 Å². The van der Waals surface area contributed by atoms with Crippen LogP contribution in [0.2, 0.25) is 0 Å². The monoisotopic (exact) mass is 428 g/mol. The lowest BCUT2D eigenvalue weighted by Crippen LogP contribution is -2.21. The van der Waals surface area contributed by atoms with E-state index >= 15 is 0 Å². The van der Waals surface area contributed by atoms with E-state index in [2.05, 4.69) is 31.3 Å². The molecule has 2 aromatic carbocycles. The number of nitrogens with zero attached hydrogens (tertiary/aromatic N) is 3. The number of carbonyl (C=O) groups excluding carboxylic acids is 1. The molecule has 1 N–H and O–H groups in total. The molecule has 6 heteroatoms. The number of anilines is 1. The highest BCUT2D eigenvalue weighted by Crippen LogP contribution is 2.28. The highest BCUT2D eigenvalue weighted by atomic mass is 16.5. The minimum absolute atomic E-state index is 0.118. The Bertz CT molecular complexity index is 1290. The zero-order valence-electron chi connectivity index (χ0n) is 19.2. The number of pyridine rings is 1. The summed E-state index contributed by atoms with van der Waals surface area (Å²) in [5.41, 5.74) is 7.84. The predicted molar refractivity (Wildman–Crippen MR) is 128 cm³/mol. The van der Waals surface area contributed by atoms with Crippen molar-refractivity contribution < 1.29 is 9.53 Å². The largest absolute Gasteiger partial charge is 0.467 e. The summed E-state index contributed by atoms with van der Waals surface area (Å²) in [6.07, 6.45) is 0.810. The first-order chi connectivity index (χ1) is 15.4. The summed E-state index contributed by atoms with van der Waals surface area (Å²) < 4.78 is 7.66. The van der Waals surface area contributed by atoms with Gasteiger partial charge in [-0.1, -0.05) is 36.8 Å². The third-order valence-electron chi connectivity index (χ3n) is 5.76. The van der Waals surface area contributed by atoms with Gasteiger partial charge in [0, 0.05) is 17.1 Å². The number of aromatic nitrogens is 3. The van der Waals surface area contributed by atoms with E-state index in [0.29, 0.717) is 5.88 Å². The second-order valence-electron chi connectivity index (χ2n) is 8.09. The summed E-state index contributed by atoms with van der Waals surface area (Å²) in [7, 11) is 0. The van der Waals surface area contributed by atoms with Crippen molar-refractivity contribution in [1.82, 2.24) is 14.8 Å². The molecule has 0 unspecified atom stereocenters. The second kappa shape index (κ2) is 8.83. The molecule has 4 rings (SSSR count). The maximum atomic E-state index is 12.5. The fraction of sp³-hybridized carbons (Fsp3) is 0.269. The number of hydrogen-bond donors (Lipinski definition) is 1. The summed E-state index contributed by atoms with van der Waals surface area (Å²) in [5.74, 6) is 0.195. The Labute approximate surface area is 188 Å². The van der Waals surface area contributed by atoms with Gasteiger partial charge in [-0.25, -0.2) is 4.68 Å². The van der Waals surface area contributed by atoms with Crippen LogP contribution in [0.3, 0.4) is 0 Å². The summed E-state index contributed by atoms with van der Waals surface area (Å²) >= 11 is 0. The molecule has 0 aliphatic heterocycles. The topological polar surface area (TPSA) is 69.0 Å². The molecule has 32 heavy (non-hydrogen) atoms. The molecular formula is C26H28N4O2. The Morgan fingerprint density at radius 2 is 1.81 bits per heavy atom. The number of hydrogen-bond acceptors (Lipinski definition) is 4. The van der Waals surface area contributed by atoms with Gasteiger partial charge in [-0.2, -0.15) is 10.1 Å². The van der Waals surface area contributed by atoms with Crippen molar-refractivity contribution in [3.63, 3.8) is 0 Å². The van der Waals surface area contributed by atoms with Crippen LogP contribution in [-0.2, 0) is 11.2 Å². The van der Waals surface area contributed by atoms with E-state index in [-0.39, 0.29) is 12.5 Å². The van der Waals surface area contributed by atoms with Gasteiger partial charge >= 0.3 is 0 Å². The Balaban J connectivity index is 1.61. The summed E-state index contributed by atoms with van der Waals surface area (Å²) in [4.78, 5) is 17.2. The van der Waals surface area contributed by atoms with Crippen LogP contribution in [0.25, 0.3) is 16.7 Å². The number of aryl methyl sites for hydroxylation is 4. The normalized spacial score (nSPS) is 11.0. The molecule has 0 saturated carbocycles. The van der Waals surface area contributed by atoms with Gasteiger partial charge in [0.1, 0.15) is 0 Å². The maximum Gasteiger partial charge on any atom is 0.262 e. The lowest BCUT2D eigenvalue weighted by atomic mass is 10.1. The van der Waals surface area contributed by atoms with E-state index in [1.165, 1.54) is 5.56 Å². The van der Waals surface area contributed by atoms with Crippen LogP contribution in [0.5, 0.6) is 5.88 Å². The van der Waals surface area contributed by atoms with E-state index in [4.69, 9.17) is 14.8 Å². The Morgan fingerprint density at radius 3 is 2.53 bits per heavy atom. The van der Waals surface area contributed by atoms with Crippen LogP contribution in [0, 0.1) is 27.7 Å². The fourth-order valence-electron chi connectivity index (χ4n) is 3.78. The zero-order valence-corrected chi connectivity index (χ0v) is 19.2. The van der Waals surface area contributed by atoms with Crippen LogP contribution < -0.4 is 10.1 Å². The molecular weight excluding hydrogens is 400 g/mol. The number of ether oxygens (including phenoxy) is 1. The molecule has 0 saturated heterocycles. The van der Waals surface area contributed by atoms with Crippen molar-refractivity contribution in [2.45, 2.75) is 41.0 Å². The predicted octanol–water partition coefficient (Wildman–Crippen LogP) is 5.23. The van der Waals surface area contributed by atoms with Gasteiger partial charge < -0.3 is 10.1 Å². The van der Waals surface area contributed by atoms with Crippen molar-refractivity contribution in [3.05, 3.63) is 76.5 Å². The van der Waals surface area contributed by atoms with E-state index in [1.807, 2.05) is 61.9 Å². The first-order valence-corrected chi connectivity index (χ1v) is 10.8. The standard InChI is InChI=1S/C26H28N4O2/c1-6-20-14-24(32-15-23(31)27-22-9-7-8-17(3)18(22)4)28-26-25(20)19(5)29-30(26)21-12-10-16(2)11-13-21/h7-14H,6,15H2,1-5H3,(H,27,31). The number of carbonyl (C=O) groups is 1. The minimum atomic E-state index is -0.220. The van der Waals surface area contributed by atoms with Crippen LogP contribution in [0.1, 0.15) is 34.9 Å². The molecule has 0 aliphatic rings. The summed E-state index contributed by atoms with van der Waals surface area (Å²) in [6, 6.07) is 15.9. The maximum absolute atomic E-state index is 12.5. The van der Waals surface area contributed by atoms with E-state index in [9.17, 15) is 4.79 Å². The molecule has 4 aromatic rings. The first-order valence-electron chi connectivity index (χ1n) is 10.8. The van der Waals surface area contributed by atoms with Crippen molar-refractivity contribution in [2.24, 2.45) is 0 Å². The van der Waals surface area contributed by atoms with Gasteiger partial charge in [0.2, 0.25) is 5.88 Å². The van der Waals surface area contributed by atoms with Crippen molar-refractivity contribution in [3.8, 4) is 11.6 Å². The number of rotatable bonds is 6. The highest BCUT2D eigenvalue weighted by molar-refractivity contribution is 5.92. The van der Waals surface area contributed by atoms with Gasteiger partial charge in [-0.05, 0) is 69.0 Å². The number of nitrogens with one attached hydrogen (secondary N) is 1. The van der Waals surface area contributed by atoms with Crippen molar-refractivity contribution in [2.75, 3.05) is 11.9 Å². The van der Waals surface area contributed by atoms with Crippen molar-refractivity contribution in [1.29, 1.82) is 0 Å². The molecule has 0 aliphatic carbocycles. The number of fused-ring (bicyclic) bond motifs is 1. The third-order valence-corrected chi connectivity index (χ3v) is 5.76. The molecule has 0 bridgehead atoms. The zero-order chi connectivity index (χ0) is 22.8. The van der Waals surface area contributed by atoms with Gasteiger partial charge in [-0.15, -0.1) is 0 Å². The van der Waals surface area contributed by atoms with Crippen LogP contribution >= 0.6 is 0 Å². The van der Waals surface area contributed by atoms with Crippen molar-refractivity contribution >= 4 is 22.6 Å². The highest BCUT2D eigenvalue weighted by Gasteiger charge is 2.17. The molecule has 164 valence electrons. The molecule has 2 heterocycles. The van der Waals surface area contributed by atoms with Gasteiger partial charge in [0.25, 0.3) is 5.91 Å². The van der Waals surface area contributed by atoms with Crippen LogP contribution in [-0.4, -0.2) is 27.3 Å². The van der Waals surface area contributed by atoms with E-state index in [0.717, 1.165) is 51.2 Å². The van der Waals surface area contributed by atoms with Gasteiger partial charge in [0.05, 0.1) is 11.4 Å². The smallest absolute Gasteiger partial charge is 0.262 e. The summed E-state index contributed by atoms with van der Waals surface area (Å²) in [6.45, 7) is 10.0. The first kappa shape index (κ1) is 21.6. The molecule has 2 aromatic heterocycles. The van der Waals surface area contributed by atoms with Gasteiger partial charge in [0.15, 0.2) is 12.3 Å². The molecule has 6 nitrogen and oxygen atoms in total. The average Bonchev–Trinajstić information content (AvgIpc) is 3.12. The molecule has 0 spiro atoms. The second-order valence-corrected chi connectivity index (χ2v) is 8.09. The molecule has 0 atom stereocenters. The van der Waals surface area contributed by atoms with E-state index < -0.39 is 0 Å². The molecule has 0 fully saturated rings. The van der Waals surface area contributed by atoms with Crippen LogP contribution in [0.15, 0.2) is 48.5 Å². The SMILES string of the molecule is CCc1cc(OCC(=O)Nc2cccc(C)c2C)nc2c1c(C)nn2-c1ccc(C)cc1. The Morgan fingerprint density at radius 1 is 1.06 bits per heavy atom. The lowest BCUT2D eigenvalue weighted by Gasteiger charge is -2.12. The third kappa shape index (κ3) is 4.21. The molecule has 1 amide bonds. The Hall–Kier alpha value is -3.67. The van der Waals surface area contributed by atoms with Gasteiger partial charge in [-0.3, -0.25) is 4.79 Å². The number of amides is 1. The molecule has 0 radical (unpaired) electrons. The fourth-order valence-corrected chi connectivity index (χ4v) is 3.78. The number of benzene rings is 2. The minimum Gasteiger partial charge on any atom is -0.467 e. The quantitative estimate of drug-likeness (QED) is 0.456. The van der Waals surface area contributed by atoms with Crippen LogP contribution in [0.4, 0.5) is 5.69 Å². The summed E-state index contributed by atoms with van der Waals surface area (Å²) in [5, 5.41) is 8.68. The Kier molecular flexibility index (Phi) is 5.95. The lowest BCUT2D eigenvalue weighted by molar-refractivity contribution is -0.118. The average molecular weight is 429 g/mol.